The molecular weight excluding hydrogens is 406 g/mol. The van der Waals surface area contributed by atoms with Gasteiger partial charge in [0.15, 0.2) is 18.1 Å². The van der Waals surface area contributed by atoms with E-state index in [2.05, 4.69) is 5.43 Å². The molecule has 11 heteroatoms. The molecule has 3 rings (SSSR count). The van der Waals surface area contributed by atoms with E-state index in [0.717, 1.165) is 0 Å². The molecule has 0 atom stereocenters. The van der Waals surface area contributed by atoms with Crippen molar-refractivity contribution >= 4 is 11.4 Å². The normalized spacial score (nSPS) is 14.2. The molecule has 0 radical (unpaired) electrons. The van der Waals surface area contributed by atoms with Crippen molar-refractivity contribution in [2.24, 2.45) is 0 Å². The van der Waals surface area contributed by atoms with Crippen molar-refractivity contribution in [1.82, 2.24) is 0 Å². The lowest BCUT2D eigenvalue weighted by atomic mass is 10.00. The standard InChI is InChI=1S/C18H15F6N2O3/c19-17(20,21)9-28-13-3-5-15-11(7-13)1-2-12-8-14(29-10-18(22,23)24)4-6-16(12)26(27)25-15/h3-8H,1-2,9-10H2,(H,25,27)/q+1. The molecular formula is C18H15F6N2O3+. The number of nitrogens with one attached hydrogen (secondary N) is 1. The second-order valence-electron chi connectivity index (χ2n) is 6.32. The molecule has 1 aliphatic rings. The van der Waals surface area contributed by atoms with Gasteiger partial charge < -0.3 is 9.47 Å². The number of ether oxygens (including phenoxy) is 2. The SMILES string of the molecule is O=[N+]1Nc2ccc(OCC(F)(F)F)cc2CCc2cc(OCC(F)(F)F)ccc21. The first-order chi connectivity index (χ1) is 13.5. The monoisotopic (exact) mass is 421 g/mol. The molecule has 2 aromatic rings. The molecule has 1 heterocycles. The number of anilines is 1. The van der Waals surface area contributed by atoms with E-state index in [1.807, 2.05) is 0 Å². The summed E-state index contributed by atoms with van der Waals surface area (Å²) in [7, 11) is 0. The average Bonchev–Trinajstić information content (AvgIpc) is 2.61. The second-order valence-corrected chi connectivity index (χ2v) is 6.32. The summed E-state index contributed by atoms with van der Waals surface area (Å²) in [5, 5.41) is 0. The maximum absolute atomic E-state index is 12.4. The van der Waals surface area contributed by atoms with Crippen molar-refractivity contribution < 1.29 is 40.7 Å². The van der Waals surface area contributed by atoms with Crippen LogP contribution in [0.5, 0.6) is 11.5 Å². The van der Waals surface area contributed by atoms with Gasteiger partial charge in [0.05, 0.1) is 4.91 Å². The molecule has 0 saturated heterocycles. The van der Waals surface area contributed by atoms with E-state index in [9.17, 15) is 31.2 Å². The van der Waals surface area contributed by atoms with Crippen LogP contribution in [0.3, 0.4) is 0 Å². The molecule has 0 bridgehead atoms. The zero-order valence-corrected chi connectivity index (χ0v) is 14.7. The largest absolute Gasteiger partial charge is 0.484 e. The average molecular weight is 421 g/mol. The molecule has 0 saturated carbocycles. The summed E-state index contributed by atoms with van der Waals surface area (Å²) >= 11 is 0. The van der Waals surface area contributed by atoms with Crippen LogP contribution in [0.1, 0.15) is 11.1 Å². The molecule has 156 valence electrons. The molecule has 0 unspecified atom stereocenters. The number of aryl methyl sites for hydroxylation is 2. The molecule has 0 aromatic heterocycles. The minimum absolute atomic E-state index is 0.0108. The van der Waals surface area contributed by atoms with Crippen LogP contribution in [0, 0.1) is 4.91 Å². The molecule has 2 aromatic carbocycles. The van der Waals surface area contributed by atoms with Crippen LogP contribution >= 0.6 is 0 Å². The smallest absolute Gasteiger partial charge is 0.422 e. The number of nitrogens with zero attached hydrogens (tertiary/aromatic N) is 1. The number of hydrazine groups is 1. The molecule has 1 N–H and O–H groups in total. The zero-order valence-electron chi connectivity index (χ0n) is 14.7. The van der Waals surface area contributed by atoms with E-state index >= 15 is 0 Å². The number of hydrogen-bond acceptors (Lipinski definition) is 3. The second kappa shape index (κ2) is 7.80. The van der Waals surface area contributed by atoms with Gasteiger partial charge in [-0.3, -0.25) is 0 Å². The molecule has 0 fully saturated rings. The Labute approximate surface area is 160 Å². The first kappa shape index (κ1) is 20.7. The Morgan fingerprint density at radius 3 is 1.93 bits per heavy atom. The van der Waals surface area contributed by atoms with Gasteiger partial charge in [-0.15, -0.1) is 5.43 Å². The zero-order chi connectivity index (χ0) is 21.2. The van der Waals surface area contributed by atoms with Crippen molar-refractivity contribution in [1.29, 1.82) is 0 Å². The third kappa shape index (κ3) is 5.75. The lowest BCUT2D eigenvalue weighted by Crippen LogP contribution is -2.20. The van der Waals surface area contributed by atoms with E-state index in [1.54, 1.807) is 0 Å². The highest BCUT2D eigenvalue weighted by atomic mass is 19.4. The minimum atomic E-state index is -4.50. The lowest BCUT2D eigenvalue weighted by Gasteiger charge is -2.15. The topological polar surface area (TPSA) is 50.6 Å². The quantitative estimate of drug-likeness (QED) is 0.551. The van der Waals surface area contributed by atoms with Gasteiger partial charge in [0.25, 0.3) is 5.69 Å². The summed E-state index contributed by atoms with van der Waals surface area (Å²) in [6.07, 6.45) is -8.41. The number of rotatable bonds is 4. The van der Waals surface area contributed by atoms with Crippen molar-refractivity contribution in [2.75, 3.05) is 18.6 Å². The van der Waals surface area contributed by atoms with Crippen molar-refractivity contribution in [2.45, 2.75) is 25.2 Å². The van der Waals surface area contributed by atoms with Gasteiger partial charge in [-0.2, -0.15) is 26.3 Å². The first-order valence-electron chi connectivity index (χ1n) is 8.39. The van der Waals surface area contributed by atoms with E-state index in [4.69, 9.17) is 9.47 Å². The maximum Gasteiger partial charge on any atom is 0.422 e. The fourth-order valence-electron chi connectivity index (χ4n) is 2.80. The van der Waals surface area contributed by atoms with Gasteiger partial charge in [0.2, 0.25) is 0 Å². The Morgan fingerprint density at radius 1 is 0.828 bits per heavy atom. The summed E-state index contributed by atoms with van der Waals surface area (Å²) in [5.74, 6) is -0.0547. The molecule has 5 nitrogen and oxygen atoms in total. The fraction of sp³-hybridized carbons (Fsp3) is 0.333. The summed E-state index contributed by atoms with van der Waals surface area (Å²) in [6, 6.07) is 8.06. The maximum atomic E-state index is 12.4. The first-order valence-corrected chi connectivity index (χ1v) is 8.39. The van der Waals surface area contributed by atoms with Crippen LogP contribution in [0.15, 0.2) is 36.4 Å². The highest BCUT2D eigenvalue weighted by Crippen LogP contribution is 2.32. The summed E-state index contributed by atoms with van der Waals surface area (Å²) in [4.78, 5) is 12.8. The molecule has 29 heavy (non-hydrogen) atoms. The summed E-state index contributed by atoms with van der Waals surface area (Å²) < 4.78 is 83.4. The van der Waals surface area contributed by atoms with Crippen LogP contribution in [0.25, 0.3) is 0 Å². The predicted molar refractivity (Wildman–Crippen MR) is 90.3 cm³/mol. The Kier molecular flexibility index (Phi) is 5.58. The predicted octanol–water partition coefficient (Wildman–Crippen LogP) is 5.10. The molecule has 0 aliphatic carbocycles. The van der Waals surface area contributed by atoms with Gasteiger partial charge >= 0.3 is 12.4 Å². The number of halogens is 6. The Balaban J connectivity index is 1.79. The Bertz CT molecular complexity index is 911. The van der Waals surface area contributed by atoms with Gasteiger partial charge in [0.1, 0.15) is 17.2 Å². The Hall–Kier alpha value is -2.98. The van der Waals surface area contributed by atoms with Crippen LogP contribution in [0.2, 0.25) is 0 Å². The van der Waals surface area contributed by atoms with Crippen LogP contribution in [0.4, 0.5) is 37.7 Å². The van der Waals surface area contributed by atoms with E-state index in [-0.39, 0.29) is 23.6 Å². The molecule has 0 spiro atoms. The fourth-order valence-corrected chi connectivity index (χ4v) is 2.80. The van der Waals surface area contributed by atoms with Gasteiger partial charge in [-0.05, 0) is 48.7 Å². The van der Waals surface area contributed by atoms with E-state index in [1.165, 1.54) is 36.4 Å². The third-order valence-corrected chi connectivity index (χ3v) is 4.04. The number of nitroso groups, excluding NO2 is 1. The van der Waals surface area contributed by atoms with E-state index < -0.39 is 25.6 Å². The van der Waals surface area contributed by atoms with E-state index in [0.29, 0.717) is 28.1 Å². The number of fused-ring (bicyclic) bond motifs is 2. The summed E-state index contributed by atoms with van der Waals surface area (Å²) in [5.41, 5.74) is 4.12. The van der Waals surface area contributed by atoms with Gasteiger partial charge in [-0.1, -0.05) is 0 Å². The van der Waals surface area contributed by atoms with Crippen LogP contribution in [-0.4, -0.2) is 30.4 Å². The van der Waals surface area contributed by atoms with Gasteiger partial charge in [-0.25, -0.2) is 0 Å². The minimum Gasteiger partial charge on any atom is -0.484 e. The van der Waals surface area contributed by atoms with Crippen molar-refractivity contribution in [3.8, 4) is 11.5 Å². The molecule has 1 aliphatic heterocycles. The van der Waals surface area contributed by atoms with Gasteiger partial charge in [0, 0.05) is 11.6 Å². The third-order valence-electron chi connectivity index (χ3n) is 4.04. The lowest BCUT2D eigenvalue weighted by molar-refractivity contribution is -0.428. The number of benzene rings is 2. The number of hydrogen-bond donors (Lipinski definition) is 1. The molecule has 0 amide bonds. The van der Waals surface area contributed by atoms with Crippen LogP contribution < -0.4 is 14.9 Å². The van der Waals surface area contributed by atoms with Crippen molar-refractivity contribution in [3.63, 3.8) is 0 Å². The Morgan fingerprint density at radius 2 is 1.34 bits per heavy atom. The summed E-state index contributed by atoms with van der Waals surface area (Å²) in [6.45, 7) is -2.91. The number of alkyl halides is 6. The van der Waals surface area contributed by atoms with Crippen molar-refractivity contribution in [3.05, 3.63) is 52.4 Å². The highest BCUT2D eigenvalue weighted by Gasteiger charge is 2.30. The highest BCUT2D eigenvalue weighted by molar-refractivity contribution is 5.56. The van der Waals surface area contributed by atoms with Crippen LogP contribution in [-0.2, 0) is 12.8 Å².